The van der Waals surface area contributed by atoms with E-state index in [0.29, 0.717) is 5.75 Å². The van der Waals surface area contributed by atoms with E-state index in [1.165, 1.54) is 0 Å². The lowest BCUT2D eigenvalue weighted by molar-refractivity contribution is 0.889. The summed E-state index contributed by atoms with van der Waals surface area (Å²) in [6, 6.07) is 0. The monoisotopic (exact) mass is 218 g/mol. The molecule has 0 radical (unpaired) electrons. The summed E-state index contributed by atoms with van der Waals surface area (Å²) in [6.45, 7) is 0. The minimum Gasteiger partial charge on any atom is -0.210 e. The molecule has 1 aliphatic heterocycles. The fourth-order valence-electron chi connectivity index (χ4n) is 0.990. The summed E-state index contributed by atoms with van der Waals surface area (Å²) in [5.41, 5.74) is 0. The number of hydrogen-bond donors (Lipinski definition) is 0. The van der Waals surface area contributed by atoms with E-state index in [4.69, 9.17) is 34.8 Å². The van der Waals surface area contributed by atoms with Gasteiger partial charge in [-0.25, -0.2) is 9.21 Å². The van der Waals surface area contributed by atoms with Crippen molar-refractivity contribution >= 4 is 55.7 Å². The van der Waals surface area contributed by atoms with E-state index in [2.05, 4.69) is 11.7 Å². The molecule has 0 aliphatic carbocycles. The quantitative estimate of drug-likeness (QED) is 0.434. The van der Waals surface area contributed by atoms with E-state index < -0.39 is 13.5 Å². The summed E-state index contributed by atoms with van der Waals surface area (Å²) in [6.07, 6.45) is 0. The van der Waals surface area contributed by atoms with Crippen LogP contribution in [0.25, 0.3) is 0 Å². The molecule has 60 valence electrons. The minimum absolute atomic E-state index is 0.180. The molecule has 0 aromatic carbocycles. The van der Waals surface area contributed by atoms with Crippen molar-refractivity contribution < 1.29 is 0 Å². The molecule has 1 unspecified atom stereocenters. The van der Waals surface area contributed by atoms with Crippen molar-refractivity contribution in [3.63, 3.8) is 0 Å². The zero-order valence-corrected chi connectivity index (χ0v) is 8.53. The molecule has 1 atom stereocenters. The molecule has 4 heteroatoms. The smallest absolute Gasteiger partial charge is 0.143 e. The molecule has 0 nitrogen and oxygen atoms in total. The van der Waals surface area contributed by atoms with Crippen LogP contribution in [0.3, 0.4) is 0 Å². The minimum atomic E-state index is -1.10. The SMILES string of the molecule is C=S1(=C)CC(Cl)C(Cl)(Cl)C1. The third kappa shape index (κ3) is 1.76. The lowest BCUT2D eigenvalue weighted by Gasteiger charge is -2.13. The lowest BCUT2D eigenvalue weighted by Crippen LogP contribution is -2.23. The molecule has 0 bridgehead atoms. The Labute approximate surface area is 76.9 Å². The van der Waals surface area contributed by atoms with E-state index in [1.807, 2.05) is 0 Å². The maximum atomic E-state index is 5.88. The largest absolute Gasteiger partial charge is 0.210 e. The van der Waals surface area contributed by atoms with E-state index in [1.54, 1.807) is 0 Å². The second-order valence-electron chi connectivity index (χ2n) is 2.76. The first kappa shape index (κ1) is 9.05. The van der Waals surface area contributed by atoms with Gasteiger partial charge in [0.25, 0.3) is 0 Å². The van der Waals surface area contributed by atoms with Crippen molar-refractivity contribution in [1.82, 2.24) is 0 Å². The summed E-state index contributed by atoms with van der Waals surface area (Å²) < 4.78 is -0.791. The zero-order chi connectivity index (χ0) is 7.99. The highest BCUT2D eigenvalue weighted by Crippen LogP contribution is 2.46. The first-order valence-corrected chi connectivity index (χ1v) is 6.30. The normalized spacial score (nSPS) is 36.1. The molecule has 1 saturated heterocycles. The maximum Gasteiger partial charge on any atom is 0.143 e. The van der Waals surface area contributed by atoms with Crippen LogP contribution >= 0.6 is 44.0 Å². The van der Waals surface area contributed by atoms with Gasteiger partial charge in [-0.3, -0.25) is 0 Å². The lowest BCUT2D eigenvalue weighted by atomic mass is 10.3. The van der Waals surface area contributed by atoms with Crippen LogP contribution in [0.5, 0.6) is 0 Å². The Morgan fingerprint density at radius 2 is 1.90 bits per heavy atom. The van der Waals surface area contributed by atoms with Gasteiger partial charge in [0.2, 0.25) is 0 Å². The number of rotatable bonds is 0. The summed E-state index contributed by atoms with van der Waals surface area (Å²) in [5.74, 6) is 9.28. The highest BCUT2D eigenvalue weighted by atomic mass is 35.5. The van der Waals surface area contributed by atoms with Crippen LogP contribution < -0.4 is 0 Å². The van der Waals surface area contributed by atoms with Gasteiger partial charge in [0.1, 0.15) is 4.33 Å². The van der Waals surface area contributed by atoms with Crippen molar-refractivity contribution in [3.8, 4) is 0 Å². The topological polar surface area (TPSA) is 0 Å². The first-order valence-electron chi connectivity index (χ1n) is 2.80. The summed E-state index contributed by atoms with van der Waals surface area (Å²) in [4.78, 5) is 0. The molecular formula is C6H9Cl3S. The molecule has 1 fully saturated rings. The Balaban J connectivity index is 2.92. The van der Waals surface area contributed by atoms with Crippen LogP contribution in [0, 0.1) is 0 Å². The van der Waals surface area contributed by atoms with Gasteiger partial charge in [0, 0.05) is 11.5 Å². The second-order valence-corrected chi connectivity index (χ2v) is 7.91. The van der Waals surface area contributed by atoms with Gasteiger partial charge in [-0.05, 0) is 0 Å². The molecule has 0 aromatic heterocycles. The Bertz CT molecular complexity index is 227. The van der Waals surface area contributed by atoms with E-state index >= 15 is 0 Å². The molecule has 0 saturated carbocycles. The molecule has 0 amide bonds. The van der Waals surface area contributed by atoms with Crippen LogP contribution in [-0.2, 0) is 0 Å². The highest BCUT2D eigenvalue weighted by molar-refractivity contribution is 8.28. The Morgan fingerprint density at radius 3 is 2.00 bits per heavy atom. The molecule has 0 N–H and O–H groups in total. The number of alkyl halides is 3. The Kier molecular flexibility index (Phi) is 2.24. The fraction of sp³-hybridized carbons (Fsp3) is 0.667. The summed E-state index contributed by atoms with van der Waals surface area (Å²) >= 11 is 17.6. The van der Waals surface area contributed by atoms with Crippen molar-refractivity contribution in [2.45, 2.75) is 9.71 Å². The summed E-state index contributed by atoms with van der Waals surface area (Å²) in [5, 5.41) is -0.180. The Morgan fingerprint density at radius 1 is 1.40 bits per heavy atom. The van der Waals surface area contributed by atoms with Gasteiger partial charge in [-0.15, -0.1) is 11.6 Å². The van der Waals surface area contributed by atoms with Crippen LogP contribution in [0.4, 0.5) is 0 Å². The fourth-order valence-corrected chi connectivity index (χ4v) is 5.73. The Hall–Kier alpha value is 0.960. The molecule has 1 rings (SSSR count). The van der Waals surface area contributed by atoms with E-state index in [9.17, 15) is 0 Å². The van der Waals surface area contributed by atoms with Gasteiger partial charge < -0.3 is 0 Å². The average molecular weight is 220 g/mol. The van der Waals surface area contributed by atoms with E-state index in [-0.39, 0.29) is 5.38 Å². The van der Waals surface area contributed by atoms with Crippen LogP contribution in [0.15, 0.2) is 0 Å². The van der Waals surface area contributed by atoms with Gasteiger partial charge in [-0.1, -0.05) is 34.9 Å². The van der Waals surface area contributed by atoms with E-state index in [0.717, 1.165) is 5.75 Å². The summed E-state index contributed by atoms with van der Waals surface area (Å²) in [7, 11) is -1.10. The third-order valence-corrected chi connectivity index (χ3v) is 5.61. The molecule has 1 heterocycles. The average Bonchev–Trinajstić information content (AvgIpc) is 1.73. The number of halogens is 3. The number of hydrogen-bond acceptors (Lipinski definition) is 0. The van der Waals surface area contributed by atoms with Gasteiger partial charge in [0.15, 0.2) is 0 Å². The maximum absolute atomic E-state index is 5.88. The second kappa shape index (κ2) is 2.48. The van der Waals surface area contributed by atoms with Crippen LogP contribution in [-0.4, -0.2) is 33.0 Å². The highest BCUT2D eigenvalue weighted by Gasteiger charge is 2.41. The van der Waals surface area contributed by atoms with Crippen molar-refractivity contribution in [2.24, 2.45) is 0 Å². The van der Waals surface area contributed by atoms with Crippen molar-refractivity contribution in [1.29, 1.82) is 0 Å². The third-order valence-electron chi connectivity index (χ3n) is 1.46. The van der Waals surface area contributed by atoms with Crippen LogP contribution in [0.2, 0.25) is 0 Å². The molecule has 0 spiro atoms. The molecule has 0 aromatic rings. The molecule has 1 aliphatic rings. The molecular weight excluding hydrogens is 210 g/mol. The molecule has 10 heavy (non-hydrogen) atoms. The van der Waals surface area contributed by atoms with Crippen molar-refractivity contribution in [2.75, 3.05) is 11.5 Å². The van der Waals surface area contributed by atoms with Gasteiger partial charge in [-0.2, -0.15) is 0 Å². The predicted molar refractivity (Wildman–Crippen MR) is 55.6 cm³/mol. The van der Waals surface area contributed by atoms with Crippen LogP contribution in [0.1, 0.15) is 0 Å². The van der Waals surface area contributed by atoms with Crippen molar-refractivity contribution in [3.05, 3.63) is 0 Å². The zero-order valence-electron chi connectivity index (χ0n) is 5.45. The van der Waals surface area contributed by atoms with Gasteiger partial charge >= 0.3 is 0 Å². The standard InChI is InChI=1S/C6H9Cl3S/c1-10(2)3-5(7)6(8,9)4-10/h5H,1-4H2. The van der Waals surface area contributed by atoms with Gasteiger partial charge in [0.05, 0.1) is 5.38 Å². The first-order chi connectivity index (χ1) is 4.33. The predicted octanol–water partition coefficient (Wildman–Crippen LogP) is 2.45.